The van der Waals surface area contributed by atoms with Gasteiger partial charge in [-0.05, 0) is 12.1 Å². The first-order valence-electron chi connectivity index (χ1n) is 3.41. The molecule has 0 saturated heterocycles. The molecule has 0 heterocycles. The summed E-state index contributed by atoms with van der Waals surface area (Å²) in [6.45, 7) is 0. The van der Waals surface area contributed by atoms with E-state index < -0.39 is 13.1 Å². The highest BCUT2D eigenvalue weighted by atomic mass is 35.5. The maximum Gasteiger partial charge on any atom is 0.673 e. The lowest BCUT2D eigenvalue weighted by Gasteiger charge is -1.94. The van der Waals surface area contributed by atoms with E-state index in [1.165, 1.54) is 12.1 Å². The van der Waals surface area contributed by atoms with Crippen LogP contribution in [0, 0.1) is 11.2 Å². The maximum absolute atomic E-state index is 12.5. The van der Waals surface area contributed by atoms with Crippen molar-refractivity contribution >= 4 is 24.5 Å². The second-order valence-corrected chi connectivity index (χ2v) is 2.63. The molecule has 0 amide bonds. The molecule has 0 atom stereocenters. The molecule has 0 aliphatic carbocycles. The maximum atomic E-state index is 12.5. The fraction of sp³-hybridized carbons (Fsp3) is 0. The average Bonchev–Trinajstić information content (AvgIpc) is 2.06. The molecule has 1 rings (SSSR count). The second-order valence-electron chi connectivity index (χ2n) is 2.19. The first-order chi connectivity index (χ1) is 6.74. The molecule has 0 radical (unpaired) electrons. The van der Waals surface area contributed by atoms with Crippen LogP contribution in [0.25, 0.3) is 4.98 Å². The fourth-order valence-electron chi connectivity index (χ4n) is 0.562. The Morgan fingerprint density at radius 1 is 1.20 bits per heavy atom. The summed E-state index contributed by atoms with van der Waals surface area (Å²) >= 11 is 5.46. The van der Waals surface area contributed by atoms with Crippen molar-refractivity contribution in [3.05, 3.63) is 34.0 Å². The SMILES string of the molecule is F[B-](F)(F)F.N#[N+]c1cc(Cl)ccc1F. The molecule has 0 aliphatic rings. The molecule has 15 heavy (non-hydrogen) atoms. The molecule has 1 aromatic rings. The van der Waals surface area contributed by atoms with Gasteiger partial charge in [0.2, 0.25) is 11.2 Å². The van der Waals surface area contributed by atoms with E-state index in [2.05, 4.69) is 4.98 Å². The summed E-state index contributed by atoms with van der Waals surface area (Å²) in [5.74, 6) is -0.591. The van der Waals surface area contributed by atoms with Crippen molar-refractivity contribution in [3.63, 3.8) is 0 Å². The van der Waals surface area contributed by atoms with Gasteiger partial charge in [-0.1, -0.05) is 11.6 Å². The van der Waals surface area contributed by atoms with Crippen molar-refractivity contribution in [2.45, 2.75) is 0 Å². The van der Waals surface area contributed by atoms with Gasteiger partial charge < -0.3 is 17.3 Å². The van der Waals surface area contributed by atoms with E-state index in [9.17, 15) is 21.7 Å². The van der Waals surface area contributed by atoms with E-state index in [0.29, 0.717) is 5.02 Å². The first kappa shape index (κ1) is 13.6. The standard InChI is InChI=1S/C6H3ClFN2.BF4/c7-4-1-2-5(8)6(3-4)10-9;2-1(3,4)5/h1-3H;/q+1;-1. The zero-order valence-electron chi connectivity index (χ0n) is 6.97. The topological polar surface area (TPSA) is 28.1 Å². The minimum Gasteiger partial charge on any atom is -0.418 e. The van der Waals surface area contributed by atoms with Crippen molar-refractivity contribution in [1.82, 2.24) is 0 Å². The molecule has 9 heteroatoms. The van der Waals surface area contributed by atoms with Crippen LogP contribution in [0.5, 0.6) is 0 Å². The Balaban J connectivity index is 0.000000336. The zero-order valence-corrected chi connectivity index (χ0v) is 7.73. The number of rotatable bonds is 0. The lowest BCUT2D eigenvalue weighted by Crippen LogP contribution is -2.02. The van der Waals surface area contributed by atoms with Crippen LogP contribution in [-0.2, 0) is 0 Å². The molecule has 82 valence electrons. The molecule has 0 aliphatic heterocycles. The normalized spacial score (nSPS) is 9.93. The van der Waals surface area contributed by atoms with Crippen molar-refractivity contribution < 1.29 is 21.7 Å². The van der Waals surface area contributed by atoms with Gasteiger partial charge in [0.25, 0.3) is 0 Å². The van der Waals surface area contributed by atoms with Gasteiger partial charge in [-0.15, -0.1) is 0 Å². The van der Waals surface area contributed by atoms with Crippen LogP contribution in [-0.4, -0.2) is 7.25 Å². The number of benzene rings is 1. The summed E-state index contributed by atoms with van der Waals surface area (Å²) in [4.78, 5) is 2.67. The molecular weight excluding hydrogens is 241 g/mol. The van der Waals surface area contributed by atoms with Crippen molar-refractivity contribution in [1.29, 1.82) is 5.39 Å². The molecule has 2 nitrogen and oxygen atoms in total. The molecule has 0 saturated carbocycles. The highest BCUT2D eigenvalue weighted by molar-refractivity contribution is 6.50. The van der Waals surface area contributed by atoms with Crippen LogP contribution in [0.15, 0.2) is 18.2 Å². The Hall–Kier alpha value is -1.36. The van der Waals surface area contributed by atoms with Crippen molar-refractivity contribution in [3.8, 4) is 0 Å². The zero-order chi connectivity index (χ0) is 12.1. The summed E-state index contributed by atoms with van der Waals surface area (Å²) in [5, 5.41) is 8.51. The molecule has 0 bridgehead atoms. The Labute approximate surface area is 86.4 Å². The second kappa shape index (κ2) is 5.51. The fourth-order valence-corrected chi connectivity index (χ4v) is 0.729. The highest BCUT2D eigenvalue weighted by Crippen LogP contribution is 2.21. The van der Waals surface area contributed by atoms with Gasteiger partial charge in [-0.3, -0.25) is 0 Å². The summed E-state index contributed by atoms with van der Waals surface area (Å²) < 4.78 is 51.5. The van der Waals surface area contributed by atoms with Crippen molar-refractivity contribution in [2.75, 3.05) is 0 Å². The quantitative estimate of drug-likeness (QED) is 0.380. The van der Waals surface area contributed by atoms with Gasteiger partial charge in [0.15, 0.2) is 4.98 Å². The number of halogens is 6. The van der Waals surface area contributed by atoms with Crippen LogP contribution in [0.2, 0.25) is 5.02 Å². The van der Waals surface area contributed by atoms with E-state index in [1.807, 2.05) is 0 Å². The third kappa shape index (κ3) is 7.70. The first-order valence-corrected chi connectivity index (χ1v) is 3.79. The highest BCUT2D eigenvalue weighted by Gasteiger charge is 2.20. The number of nitrogens with zero attached hydrogens (tertiary/aromatic N) is 2. The van der Waals surface area contributed by atoms with Crippen molar-refractivity contribution in [2.24, 2.45) is 0 Å². The van der Waals surface area contributed by atoms with E-state index >= 15 is 0 Å². The summed E-state index contributed by atoms with van der Waals surface area (Å²) in [5.41, 5.74) is -0.146. The Bertz CT molecular complexity index is 369. The molecule has 1 aromatic carbocycles. The number of hydrogen-bond donors (Lipinski definition) is 0. The molecule has 0 unspecified atom stereocenters. The van der Waals surface area contributed by atoms with E-state index in [1.54, 1.807) is 0 Å². The molecule has 0 N–H and O–H groups in total. The third-order valence-corrected chi connectivity index (χ3v) is 1.25. The number of hydrogen-bond acceptors (Lipinski definition) is 1. The van der Waals surface area contributed by atoms with Crippen LogP contribution in [0.4, 0.5) is 27.3 Å². The van der Waals surface area contributed by atoms with Gasteiger partial charge in [0.05, 0.1) is 6.07 Å². The summed E-state index contributed by atoms with van der Waals surface area (Å²) in [6.07, 6.45) is 0. The Morgan fingerprint density at radius 3 is 2.00 bits per heavy atom. The Morgan fingerprint density at radius 2 is 1.67 bits per heavy atom. The van der Waals surface area contributed by atoms with Gasteiger partial charge in [-0.25, -0.2) is 0 Å². The number of diazo groups is 1. The van der Waals surface area contributed by atoms with Gasteiger partial charge in [-0.2, -0.15) is 4.39 Å². The largest absolute Gasteiger partial charge is 0.673 e. The summed E-state index contributed by atoms with van der Waals surface area (Å²) in [7, 11) is -6.00. The van der Waals surface area contributed by atoms with Gasteiger partial charge in [0, 0.05) is 5.02 Å². The monoisotopic (exact) mass is 244 g/mol. The predicted molar refractivity (Wildman–Crippen MR) is 46.3 cm³/mol. The lowest BCUT2D eigenvalue weighted by atomic mass is 10.3. The Kier molecular flexibility index (Phi) is 5.01. The van der Waals surface area contributed by atoms with E-state index in [-0.39, 0.29) is 5.69 Å². The third-order valence-electron chi connectivity index (χ3n) is 1.02. The van der Waals surface area contributed by atoms with Gasteiger partial charge in [0.1, 0.15) is 0 Å². The summed E-state index contributed by atoms with van der Waals surface area (Å²) in [6, 6.07) is 3.75. The molecule has 0 fully saturated rings. The minimum atomic E-state index is -6.00. The van der Waals surface area contributed by atoms with Crippen LogP contribution < -0.4 is 0 Å². The minimum absolute atomic E-state index is 0.146. The van der Waals surface area contributed by atoms with Crippen LogP contribution >= 0.6 is 11.6 Å². The average molecular weight is 244 g/mol. The van der Waals surface area contributed by atoms with E-state index in [0.717, 1.165) is 6.07 Å². The molecule has 0 aromatic heterocycles. The molecular formula is C6H3BClF5N2. The van der Waals surface area contributed by atoms with Crippen LogP contribution in [0.3, 0.4) is 0 Å². The smallest absolute Gasteiger partial charge is 0.418 e. The van der Waals surface area contributed by atoms with Crippen LogP contribution in [0.1, 0.15) is 0 Å². The van der Waals surface area contributed by atoms with Gasteiger partial charge >= 0.3 is 12.9 Å². The lowest BCUT2D eigenvalue weighted by molar-refractivity contribution is 0.368. The molecule has 0 spiro atoms. The predicted octanol–water partition coefficient (Wildman–Crippen LogP) is 4.26. The van der Waals surface area contributed by atoms with E-state index in [4.69, 9.17) is 17.0 Å².